The first kappa shape index (κ1) is 33.4. The van der Waals surface area contributed by atoms with Crippen LogP contribution >= 0.6 is 0 Å². The summed E-state index contributed by atoms with van der Waals surface area (Å²) in [5, 5.41) is 15.4. The van der Waals surface area contributed by atoms with Crippen molar-refractivity contribution in [2.75, 3.05) is 43.0 Å². The summed E-state index contributed by atoms with van der Waals surface area (Å²) in [4.78, 5) is 74.0. The van der Waals surface area contributed by atoms with Crippen LogP contribution in [0.3, 0.4) is 0 Å². The molecule has 16 nitrogen and oxygen atoms in total. The lowest BCUT2D eigenvalue weighted by Gasteiger charge is -2.48. The highest BCUT2D eigenvalue weighted by Crippen LogP contribution is 2.37. The predicted molar refractivity (Wildman–Crippen MR) is 198 cm³/mol. The quantitative estimate of drug-likeness (QED) is 0.212. The molecule has 4 aliphatic heterocycles. The molecule has 0 radical (unpaired) electrons. The van der Waals surface area contributed by atoms with Crippen molar-refractivity contribution in [3.05, 3.63) is 77.9 Å². The van der Waals surface area contributed by atoms with Gasteiger partial charge in [-0.2, -0.15) is 10.2 Å². The average molecular weight is 743 g/mol. The van der Waals surface area contributed by atoms with Crippen molar-refractivity contribution >= 4 is 57.5 Å². The standard InChI is InChI=1S/C39H38N10O6/c50-34-7-6-32(37(52)43-34)49-38(53)27-5-4-25(15-28(27)39(49)54)46-19-26(20-46)45-12-8-24(9-13-45)48-18-23-14-31(33(16-30(23)44-48)55-21-22-2-3-22)42-36(51)29-17-41-47-11-1-10-40-35(29)47/h1,4-5,10-11,14-18,22,24,26,32H,2-3,6-9,12-13,19-21H2,(H,42,51)(H,43,50,52). The molecule has 1 saturated carbocycles. The molecule has 5 amide bonds. The van der Waals surface area contributed by atoms with Gasteiger partial charge in [0, 0.05) is 74.4 Å². The summed E-state index contributed by atoms with van der Waals surface area (Å²) in [6.45, 7) is 4.04. The molecule has 1 atom stereocenters. The van der Waals surface area contributed by atoms with E-state index in [1.807, 2.05) is 18.2 Å². The lowest BCUT2D eigenvalue weighted by Crippen LogP contribution is -2.61. The molecule has 2 N–H and O–H groups in total. The average Bonchev–Trinajstić information content (AvgIpc) is 3.66. The topological polar surface area (TPSA) is 176 Å². The minimum absolute atomic E-state index is 0.0865. The van der Waals surface area contributed by atoms with E-state index in [0.717, 1.165) is 73.4 Å². The number of rotatable bonds is 9. The van der Waals surface area contributed by atoms with Crippen molar-refractivity contribution < 1.29 is 28.7 Å². The molecule has 3 aromatic heterocycles. The number of benzene rings is 2. The van der Waals surface area contributed by atoms with Crippen LogP contribution in [0.1, 0.15) is 75.6 Å². The number of amides is 5. The van der Waals surface area contributed by atoms with Crippen LogP contribution in [-0.4, -0.2) is 109 Å². The summed E-state index contributed by atoms with van der Waals surface area (Å²) < 4.78 is 9.86. The maximum absolute atomic E-state index is 13.4. The van der Waals surface area contributed by atoms with E-state index < -0.39 is 29.7 Å². The molecule has 5 aromatic rings. The van der Waals surface area contributed by atoms with Crippen LogP contribution in [-0.2, 0) is 9.59 Å². The van der Waals surface area contributed by atoms with Crippen LogP contribution < -0.4 is 20.3 Å². The Hall–Kier alpha value is -6.16. The van der Waals surface area contributed by atoms with Gasteiger partial charge in [0.25, 0.3) is 17.7 Å². The molecule has 1 unspecified atom stereocenters. The number of nitrogens with one attached hydrogen (secondary N) is 2. The van der Waals surface area contributed by atoms with E-state index in [2.05, 4.69) is 41.4 Å². The van der Waals surface area contributed by atoms with Crippen molar-refractivity contribution in [2.45, 2.75) is 56.7 Å². The number of hydrogen-bond donors (Lipinski definition) is 2. The Kier molecular flexibility index (Phi) is 7.90. The number of likely N-dealkylation sites (tertiary alicyclic amines) is 1. The Bertz CT molecular complexity index is 2420. The molecule has 2 aromatic carbocycles. The van der Waals surface area contributed by atoms with Crippen molar-refractivity contribution in [1.29, 1.82) is 0 Å². The molecular formula is C39H38N10O6. The number of carbonyl (C=O) groups excluding carboxylic acids is 5. The zero-order valence-electron chi connectivity index (χ0n) is 29.9. The fourth-order valence-corrected chi connectivity index (χ4v) is 8.21. The number of piperidine rings is 2. The molecule has 10 rings (SSSR count). The van der Waals surface area contributed by atoms with E-state index in [9.17, 15) is 24.0 Å². The van der Waals surface area contributed by atoms with Crippen LogP contribution in [0.4, 0.5) is 11.4 Å². The predicted octanol–water partition coefficient (Wildman–Crippen LogP) is 3.05. The third-order valence-electron chi connectivity index (χ3n) is 11.6. The normalized spacial score (nSPS) is 21.0. The fourth-order valence-electron chi connectivity index (χ4n) is 8.21. The number of anilines is 2. The first-order valence-corrected chi connectivity index (χ1v) is 18.9. The van der Waals surface area contributed by atoms with Gasteiger partial charge in [0.2, 0.25) is 11.8 Å². The summed E-state index contributed by atoms with van der Waals surface area (Å²) in [6.07, 6.45) is 11.3. The van der Waals surface area contributed by atoms with E-state index in [-0.39, 0.29) is 30.4 Å². The van der Waals surface area contributed by atoms with E-state index in [1.54, 1.807) is 35.1 Å². The van der Waals surface area contributed by atoms with Crippen LogP contribution in [0.2, 0.25) is 0 Å². The largest absolute Gasteiger partial charge is 0.491 e. The van der Waals surface area contributed by atoms with Crippen molar-refractivity contribution in [2.24, 2.45) is 5.92 Å². The van der Waals surface area contributed by atoms with Gasteiger partial charge >= 0.3 is 0 Å². The maximum atomic E-state index is 13.4. The van der Waals surface area contributed by atoms with Gasteiger partial charge in [-0.3, -0.25) is 43.8 Å². The Morgan fingerprint density at radius 2 is 1.76 bits per heavy atom. The van der Waals surface area contributed by atoms with Crippen LogP contribution in [0.15, 0.2) is 61.2 Å². The van der Waals surface area contributed by atoms with E-state index in [4.69, 9.17) is 9.84 Å². The van der Waals surface area contributed by atoms with Gasteiger partial charge in [0.1, 0.15) is 17.4 Å². The molecule has 16 heteroatoms. The first-order valence-electron chi connectivity index (χ1n) is 18.9. The zero-order valence-corrected chi connectivity index (χ0v) is 29.9. The van der Waals surface area contributed by atoms with Gasteiger partial charge in [-0.25, -0.2) is 9.50 Å². The highest BCUT2D eigenvalue weighted by atomic mass is 16.5. The Morgan fingerprint density at radius 3 is 2.56 bits per heavy atom. The number of hydrogen-bond acceptors (Lipinski definition) is 11. The molecule has 0 spiro atoms. The second-order valence-electron chi connectivity index (χ2n) is 15.2. The zero-order chi connectivity index (χ0) is 37.4. The highest BCUT2D eigenvalue weighted by molar-refractivity contribution is 6.23. The number of nitrogens with zero attached hydrogens (tertiary/aromatic N) is 8. The third-order valence-corrected chi connectivity index (χ3v) is 11.6. The molecular weight excluding hydrogens is 704 g/mol. The Balaban J connectivity index is 0.783. The summed E-state index contributed by atoms with van der Waals surface area (Å²) in [5.41, 5.74) is 3.70. The fraction of sp³-hybridized carbons (Fsp3) is 0.385. The number of imide groups is 2. The lowest BCUT2D eigenvalue weighted by atomic mass is 9.98. The second-order valence-corrected chi connectivity index (χ2v) is 15.2. The van der Waals surface area contributed by atoms with Gasteiger partial charge in [0.15, 0.2) is 5.65 Å². The molecule has 0 bridgehead atoms. The molecule has 280 valence electrons. The summed E-state index contributed by atoms with van der Waals surface area (Å²) >= 11 is 0. The van der Waals surface area contributed by atoms with E-state index in [0.29, 0.717) is 46.8 Å². The molecule has 55 heavy (non-hydrogen) atoms. The van der Waals surface area contributed by atoms with Gasteiger partial charge in [-0.1, -0.05) is 0 Å². The molecule has 1 aliphatic carbocycles. The van der Waals surface area contributed by atoms with Gasteiger partial charge in [-0.15, -0.1) is 0 Å². The minimum Gasteiger partial charge on any atom is -0.491 e. The molecule has 5 aliphatic rings. The lowest BCUT2D eigenvalue weighted by molar-refractivity contribution is -0.136. The SMILES string of the molecule is O=C1CCC(N2C(=O)c3ccc(N4CC(N5CCC(n6cc7cc(NC(=O)c8cnn9cccnc89)c(OCC8CC8)cc7n6)CC5)C4)cc3C2=O)C(=O)N1. The van der Waals surface area contributed by atoms with Crippen LogP contribution in [0.25, 0.3) is 16.6 Å². The summed E-state index contributed by atoms with van der Waals surface area (Å²) in [7, 11) is 0. The monoisotopic (exact) mass is 742 g/mol. The first-order chi connectivity index (χ1) is 26.8. The highest BCUT2D eigenvalue weighted by Gasteiger charge is 2.45. The smallest absolute Gasteiger partial charge is 0.262 e. The number of ether oxygens (including phenoxy) is 1. The second kappa shape index (κ2) is 13.0. The Labute approximate surface area is 314 Å². The summed E-state index contributed by atoms with van der Waals surface area (Å²) in [5.74, 6) is -1.18. The number of carbonyl (C=O) groups is 5. The van der Waals surface area contributed by atoms with Crippen molar-refractivity contribution in [3.63, 3.8) is 0 Å². The third kappa shape index (κ3) is 5.96. The molecule has 7 heterocycles. The minimum atomic E-state index is -0.980. The van der Waals surface area contributed by atoms with E-state index >= 15 is 0 Å². The number of aromatic nitrogens is 5. The maximum Gasteiger partial charge on any atom is 0.262 e. The van der Waals surface area contributed by atoms with Gasteiger partial charge < -0.3 is 15.0 Å². The molecule has 3 saturated heterocycles. The van der Waals surface area contributed by atoms with E-state index in [1.165, 1.54) is 6.20 Å². The Morgan fingerprint density at radius 1 is 0.945 bits per heavy atom. The number of fused-ring (bicyclic) bond motifs is 3. The van der Waals surface area contributed by atoms with Gasteiger partial charge in [0.05, 0.1) is 41.2 Å². The van der Waals surface area contributed by atoms with Crippen molar-refractivity contribution in [1.82, 2.24) is 39.5 Å². The summed E-state index contributed by atoms with van der Waals surface area (Å²) in [6, 6.07) is 10.5. The van der Waals surface area contributed by atoms with Gasteiger partial charge in [-0.05, 0) is 68.4 Å². The van der Waals surface area contributed by atoms with Crippen LogP contribution in [0.5, 0.6) is 5.75 Å². The van der Waals surface area contributed by atoms with Crippen LogP contribution in [0, 0.1) is 5.92 Å². The van der Waals surface area contributed by atoms with Crippen molar-refractivity contribution in [3.8, 4) is 5.75 Å². The molecule has 4 fully saturated rings.